The summed E-state index contributed by atoms with van der Waals surface area (Å²) in [4.78, 5) is 13.8. The van der Waals surface area contributed by atoms with Crippen LogP contribution in [0.25, 0.3) is 0 Å². The Kier molecular flexibility index (Phi) is 5.21. The number of rotatable bonds is 5. The zero-order chi connectivity index (χ0) is 16.1. The standard InChI is InChI=1S/C16H16ClN3O2/c1-11-3-6-14(22-11)9-20(2)10-16(21)19-13-5-4-12(8-18)15(17)7-13/h3-7H,9-10H2,1-2H3,(H,19,21). The van der Waals surface area contributed by atoms with Gasteiger partial charge in [-0.05, 0) is 44.3 Å². The molecule has 114 valence electrons. The number of likely N-dealkylation sites (N-methyl/N-ethyl adjacent to an activating group) is 1. The van der Waals surface area contributed by atoms with E-state index in [0.717, 1.165) is 11.5 Å². The second kappa shape index (κ2) is 7.12. The van der Waals surface area contributed by atoms with Gasteiger partial charge in [-0.3, -0.25) is 9.69 Å². The molecule has 1 aromatic heterocycles. The maximum atomic E-state index is 12.0. The highest BCUT2D eigenvalue weighted by atomic mass is 35.5. The van der Waals surface area contributed by atoms with Crippen molar-refractivity contribution < 1.29 is 9.21 Å². The number of hydrogen-bond acceptors (Lipinski definition) is 4. The first-order valence-electron chi connectivity index (χ1n) is 6.71. The average molecular weight is 318 g/mol. The Morgan fingerprint density at radius 1 is 1.41 bits per heavy atom. The van der Waals surface area contributed by atoms with E-state index < -0.39 is 0 Å². The van der Waals surface area contributed by atoms with Gasteiger partial charge in [-0.2, -0.15) is 5.26 Å². The summed E-state index contributed by atoms with van der Waals surface area (Å²) in [6, 6.07) is 10.5. The summed E-state index contributed by atoms with van der Waals surface area (Å²) in [5.74, 6) is 1.50. The van der Waals surface area contributed by atoms with Crippen LogP contribution in [0, 0.1) is 18.3 Å². The Morgan fingerprint density at radius 3 is 2.77 bits per heavy atom. The molecule has 0 bridgehead atoms. The number of anilines is 1. The van der Waals surface area contributed by atoms with Crippen molar-refractivity contribution in [2.45, 2.75) is 13.5 Å². The average Bonchev–Trinajstić information content (AvgIpc) is 2.83. The molecule has 1 heterocycles. The van der Waals surface area contributed by atoms with Crippen molar-refractivity contribution in [2.75, 3.05) is 18.9 Å². The normalized spacial score (nSPS) is 10.5. The van der Waals surface area contributed by atoms with E-state index in [-0.39, 0.29) is 12.5 Å². The molecule has 1 amide bonds. The monoisotopic (exact) mass is 317 g/mol. The van der Waals surface area contributed by atoms with Crippen LogP contribution >= 0.6 is 11.6 Å². The maximum absolute atomic E-state index is 12.0. The molecule has 0 spiro atoms. The maximum Gasteiger partial charge on any atom is 0.238 e. The highest BCUT2D eigenvalue weighted by Crippen LogP contribution is 2.20. The Balaban J connectivity index is 1.89. The van der Waals surface area contributed by atoms with E-state index in [9.17, 15) is 4.79 Å². The number of nitrogens with zero attached hydrogens (tertiary/aromatic N) is 2. The smallest absolute Gasteiger partial charge is 0.238 e. The Morgan fingerprint density at radius 2 is 2.18 bits per heavy atom. The summed E-state index contributed by atoms with van der Waals surface area (Å²) < 4.78 is 5.47. The summed E-state index contributed by atoms with van der Waals surface area (Å²) in [5, 5.41) is 11.9. The SMILES string of the molecule is Cc1ccc(CN(C)CC(=O)Nc2ccc(C#N)c(Cl)c2)o1. The number of carbonyl (C=O) groups excluding carboxylic acids is 1. The van der Waals surface area contributed by atoms with Crippen molar-refractivity contribution >= 4 is 23.2 Å². The van der Waals surface area contributed by atoms with Gasteiger partial charge in [0.05, 0.1) is 23.7 Å². The van der Waals surface area contributed by atoms with E-state index in [4.69, 9.17) is 21.3 Å². The van der Waals surface area contributed by atoms with Crippen molar-refractivity contribution in [1.29, 1.82) is 5.26 Å². The number of hydrogen-bond donors (Lipinski definition) is 1. The van der Waals surface area contributed by atoms with Gasteiger partial charge in [0.25, 0.3) is 0 Å². The number of amides is 1. The molecule has 2 aromatic rings. The third kappa shape index (κ3) is 4.35. The molecular weight excluding hydrogens is 302 g/mol. The fourth-order valence-corrected chi connectivity index (χ4v) is 2.24. The molecule has 0 aliphatic carbocycles. The largest absolute Gasteiger partial charge is 0.465 e. The quantitative estimate of drug-likeness (QED) is 0.919. The fraction of sp³-hybridized carbons (Fsp3) is 0.250. The molecule has 5 nitrogen and oxygen atoms in total. The van der Waals surface area contributed by atoms with Gasteiger partial charge in [0.15, 0.2) is 0 Å². The number of furan rings is 1. The molecule has 0 atom stereocenters. The number of nitrogens with one attached hydrogen (secondary N) is 1. The van der Waals surface area contributed by atoms with Gasteiger partial charge in [-0.25, -0.2) is 0 Å². The zero-order valence-electron chi connectivity index (χ0n) is 12.4. The number of carbonyl (C=O) groups is 1. The lowest BCUT2D eigenvalue weighted by molar-refractivity contribution is -0.117. The third-order valence-corrected chi connectivity index (χ3v) is 3.32. The highest BCUT2D eigenvalue weighted by molar-refractivity contribution is 6.32. The van der Waals surface area contributed by atoms with Crippen LogP contribution in [0.2, 0.25) is 5.02 Å². The predicted molar refractivity (Wildman–Crippen MR) is 84.6 cm³/mol. The highest BCUT2D eigenvalue weighted by Gasteiger charge is 2.10. The number of aryl methyl sites for hydroxylation is 1. The summed E-state index contributed by atoms with van der Waals surface area (Å²) in [5.41, 5.74) is 0.946. The van der Waals surface area contributed by atoms with Crippen molar-refractivity contribution in [3.8, 4) is 6.07 Å². The lowest BCUT2D eigenvalue weighted by Gasteiger charge is -2.15. The Hall–Kier alpha value is -2.29. The van der Waals surface area contributed by atoms with E-state index in [0.29, 0.717) is 22.8 Å². The summed E-state index contributed by atoms with van der Waals surface area (Å²) in [6.07, 6.45) is 0. The molecule has 1 aromatic carbocycles. The van der Waals surface area contributed by atoms with Crippen LogP contribution in [0.4, 0.5) is 5.69 Å². The first-order chi connectivity index (χ1) is 10.5. The van der Waals surface area contributed by atoms with Crippen LogP contribution in [0.5, 0.6) is 0 Å². The molecule has 0 fully saturated rings. The van der Waals surface area contributed by atoms with E-state index in [1.165, 1.54) is 0 Å². The van der Waals surface area contributed by atoms with Crippen LogP contribution < -0.4 is 5.32 Å². The minimum absolute atomic E-state index is 0.161. The lowest BCUT2D eigenvalue weighted by Crippen LogP contribution is -2.29. The van der Waals surface area contributed by atoms with Crippen LogP contribution in [0.3, 0.4) is 0 Å². The first-order valence-corrected chi connectivity index (χ1v) is 7.09. The van der Waals surface area contributed by atoms with Crippen LogP contribution in [0.15, 0.2) is 34.7 Å². The van der Waals surface area contributed by atoms with Gasteiger partial charge in [-0.1, -0.05) is 11.6 Å². The second-order valence-corrected chi connectivity index (χ2v) is 5.45. The van der Waals surface area contributed by atoms with E-state index in [1.54, 1.807) is 18.2 Å². The van der Waals surface area contributed by atoms with Gasteiger partial charge in [-0.15, -0.1) is 0 Å². The van der Waals surface area contributed by atoms with Crippen LogP contribution in [-0.4, -0.2) is 24.4 Å². The molecule has 2 rings (SSSR count). The molecule has 0 aliphatic heterocycles. The van der Waals surface area contributed by atoms with Gasteiger partial charge in [0.2, 0.25) is 5.91 Å². The van der Waals surface area contributed by atoms with E-state index in [1.807, 2.05) is 37.1 Å². The van der Waals surface area contributed by atoms with Gasteiger partial charge in [0.1, 0.15) is 17.6 Å². The first kappa shape index (κ1) is 16.1. The Labute approximate surface area is 134 Å². The molecule has 0 saturated heterocycles. The van der Waals surface area contributed by atoms with Crippen LogP contribution in [-0.2, 0) is 11.3 Å². The van der Waals surface area contributed by atoms with Gasteiger partial charge >= 0.3 is 0 Å². The fourth-order valence-electron chi connectivity index (χ4n) is 2.02. The molecule has 0 unspecified atom stereocenters. The van der Waals surface area contributed by atoms with Crippen LogP contribution in [0.1, 0.15) is 17.1 Å². The number of benzene rings is 1. The topological polar surface area (TPSA) is 69.3 Å². The molecule has 1 N–H and O–H groups in total. The van der Waals surface area contributed by atoms with Crippen molar-refractivity contribution in [2.24, 2.45) is 0 Å². The molecule has 0 aliphatic rings. The molecule has 0 saturated carbocycles. The van der Waals surface area contributed by atoms with Crippen molar-refractivity contribution in [3.05, 3.63) is 52.4 Å². The number of halogens is 1. The van der Waals surface area contributed by atoms with Crippen molar-refractivity contribution in [3.63, 3.8) is 0 Å². The molecule has 0 radical (unpaired) electrons. The molecule has 6 heteroatoms. The lowest BCUT2D eigenvalue weighted by atomic mass is 10.2. The van der Waals surface area contributed by atoms with Gasteiger partial charge < -0.3 is 9.73 Å². The minimum atomic E-state index is -0.161. The van der Waals surface area contributed by atoms with E-state index >= 15 is 0 Å². The van der Waals surface area contributed by atoms with E-state index in [2.05, 4.69) is 5.32 Å². The molecule has 22 heavy (non-hydrogen) atoms. The third-order valence-electron chi connectivity index (χ3n) is 3.01. The second-order valence-electron chi connectivity index (χ2n) is 5.04. The van der Waals surface area contributed by atoms with Gasteiger partial charge in [0, 0.05) is 5.69 Å². The van der Waals surface area contributed by atoms with Crippen molar-refractivity contribution in [1.82, 2.24) is 4.90 Å². The number of nitriles is 1. The molecular formula is C16H16ClN3O2. The Bertz CT molecular complexity index is 718. The summed E-state index contributed by atoms with van der Waals surface area (Å²) in [6.45, 7) is 2.65. The summed E-state index contributed by atoms with van der Waals surface area (Å²) in [7, 11) is 1.84. The predicted octanol–water partition coefficient (Wildman–Crippen LogP) is 3.18. The summed E-state index contributed by atoms with van der Waals surface area (Å²) >= 11 is 5.93. The zero-order valence-corrected chi connectivity index (χ0v) is 13.1. The minimum Gasteiger partial charge on any atom is -0.465 e.